The summed E-state index contributed by atoms with van der Waals surface area (Å²) in [5, 5.41) is 12.7. The molecule has 1 saturated heterocycles. The number of carbonyl (C=O) groups is 1. The number of rotatable bonds is 6. The van der Waals surface area contributed by atoms with Crippen LogP contribution >= 0.6 is 0 Å². The molecule has 2 heterocycles. The van der Waals surface area contributed by atoms with Crippen molar-refractivity contribution in [3.8, 4) is 17.3 Å². The molecule has 1 aromatic heterocycles. The van der Waals surface area contributed by atoms with Gasteiger partial charge in [-0.15, -0.1) is 0 Å². The summed E-state index contributed by atoms with van der Waals surface area (Å²) in [4.78, 5) is 19.7. The van der Waals surface area contributed by atoms with E-state index in [-0.39, 0.29) is 5.91 Å². The van der Waals surface area contributed by atoms with Gasteiger partial charge in [0.2, 0.25) is 0 Å². The molecular weight excluding hydrogens is 458 g/mol. The normalized spacial score (nSPS) is 14.1. The SMILES string of the molecule is N#Cc1cc(CN2CCC(c3ccccc3)CC2)cnc1-c1ccc(C(=O)Nc2ccccc2N)cc1. The number of nitrogens with zero attached hydrogens (tertiary/aromatic N) is 3. The predicted octanol–water partition coefficient (Wildman–Crippen LogP) is 5.83. The number of hydrogen-bond donors (Lipinski definition) is 2. The molecule has 37 heavy (non-hydrogen) atoms. The van der Waals surface area contributed by atoms with Crippen molar-refractivity contribution >= 4 is 17.3 Å². The van der Waals surface area contributed by atoms with E-state index in [1.165, 1.54) is 5.56 Å². The molecule has 0 aliphatic carbocycles. The van der Waals surface area contributed by atoms with Crippen molar-refractivity contribution in [2.24, 2.45) is 0 Å². The molecule has 6 nitrogen and oxygen atoms in total. The van der Waals surface area contributed by atoms with Gasteiger partial charge in [-0.25, -0.2) is 0 Å². The van der Waals surface area contributed by atoms with Crippen molar-refractivity contribution in [3.63, 3.8) is 0 Å². The average molecular weight is 488 g/mol. The highest BCUT2D eigenvalue weighted by atomic mass is 16.1. The van der Waals surface area contributed by atoms with E-state index in [1.54, 1.807) is 24.3 Å². The highest BCUT2D eigenvalue weighted by molar-refractivity contribution is 6.05. The van der Waals surface area contributed by atoms with Crippen LogP contribution in [-0.4, -0.2) is 28.9 Å². The Hall–Kier alpha value is -4.47. The van der Waals surface area contributed by atoms with E-state index >= 15 is 0 Å². The van der Waals surface area contributed by atoms with E-state index in [0.29, 0.717) is 34.1 Å². The molecule has 3 aromatic carbocycles. The number of nitrogens with two attached hydrogens (primary N) is 1. The minimum atomic E-state index is -0.246. The van der Waals surface area contributed by atoms with Crippen LogP contribution in [0.5, 0.6) is 0 Å². The van der Waals surface area contributed by atoms with Crippen LogP contribution < -0.4 is 11.1 Å². The van der Waals surface area contributed by atoms with Gasteiger partial charge in [0.05, 0.1) is 22.6 Å². The van der Waals surface area contributed by atoms with Crippen LogP contribution in [0.25, 0.3) is 11.3 Å². The summed E-state index contributed by atoms with van der Waals surface area (Å²) in [6.45, 7) is 2.84. The molecule has 5 rings (SSSR count). The zero-order valence-electron chi connectivity index (χ0n) is 20.6. The standard InChI is InChI=1S/C31H29N5O/c32-19-27-18-22(21-36-16-14-24(15-17-36)23-6-2-1-3-7-23)20-34-30(27)25-10-12-26(13-11-25)31(37)35-29-9-5-4-8-28(29)33/h1-13,18,20,24H,14-17,21,33H2,(H,35,37). The third-order valence-electron chi connectivity index (χ3n) is 6.96. The minimum absolute atomic E-state index is 0.246. The van der Waals surface area contributed by atoms with E-state index < -0.39 is 0 Å². The quantitative estimate of drug-likeness (QED) is 0.334. The predicted molar refractivity (Wildman–Crippen MR) is 147 cm³/mol. The molecule has 1 aliphatic rings. The zero-order valence-corrected chi connectivity index (χ0v) is 20.6. The monoisotopic (exact) mass is 487 g/mol. The molecule has 6 heteroatoms. The Morgan fingerprint density at radius 1 is 1.00 bits per heavy atom. The summed E-state index contributed by atoms with van der Waals surface area (Å²) in [7, 11) is 0. The largest absolute Gasteiger partial charge is 0.397 e. The summed E-state index contributed by atoms with van der Waals surface area (Å²) in [5.41, 5.74) is 11.9. The van der Waals surface area contributed by atoms with E-state index in [1.807, 2.05) is 36.5 Å². The highest BCUT2D eigenvalue weighted by Gasteiger charge is 2.21. The number of nitrogen functional groups attached to an aromatic ring is 1. The lowest BCUT2D eigenvalue weighted by atomic mass is 9.89. The molecule has 1 amide bonds. The van der Waals surface area contributed by atoms with Gasteiger partial charge in [-0.1, -0.05) is 54.6 Å². The Labute approximate surface area is 217 Å². The van der Waals surface area contributed by atoms with Crippen LogP contribution in [0, 0.1) is 11.3 Å². The summed E-state index contributed by atoms with van der Waals surface area (Å²) >= 11 is 0. The third-order valence-corrected chi connectivity index (χ3v) is 6.96. The smallest absolute Gasteiger partial charge is 0.255 e. The van der Waals surface area contributed by atoms with Gasteiger partial charge in [0.15, 0.2) is 0 Å². The number of pyridine rings is 1. The number of para-hydroxylation sites is 2. The van der Waals surface area contributed by atoms with Gasteiger partial charge in [-0.2, -0.15) is 5.26 Å². The average Bonchev–Trinajstić information content (AvgIpc) is 2.95. The minimum Gasteiger partial charge on any atom is -0.397 e. The van der Waals surface area contributed by atoms with E-state index in [2.05, 4.69) is 51.6 Å². The first-order valence-corrected chi connectivity index (χ1v) is 12.5. The number of piperidine rings is 1. The molecule has 0 radical (unpaired) electrons. The van der Waals surface area contributed by atoms with Crippen LogP contribution in [0.4, 0.5) is 11.4 Å². The van der Waals surface area contributed by atoms with Crippen LogP contribution in [0.2, 0.25) is 0 Å². The van der Waals surface area contributed by atoms with Gasteiger partial charge in [-0.05, 0) is 73.3 Å². The van der Waals surface area contributed by atoms with Crippen LogP contribution in [0.15, 0.2) is 91.1 Å². The molecule has 1 fully saturated rings. The van der Waals surface area contributed by atoms with Crippen molar-refractivity contribution in [3.05, 3.63) is 113 Å². The summed E-state index contributed by atoms with van der Waals surface area (Å²) in [5.74, 6) is 0.368. The molecule has 0 bridgehead atoms. The molecule has 0 spiro atoms. The molecule has 3 N–H and O–H groups in total. The number of amides is 1. The number of hydrogen-bond acceptors (Lipinski definition) is 5. The van der Waals surface area contributed by atoms with Crippen molar-refractivity contribution in [2.75, 3.05) is 24.1 Å². The van der Waals surface area contributed by atoms with Crippen LogP contribution in [0.1, 0.15) is 45.8 Å². The maximum Gasteiger partial charge on any atom is 0.255 e. The second-order valence-electron chi connectivity index (χ2n) is 9.43. The van der Waals surface area contributed by atoms with Crippen molar-refractivity contribution in [1.82, 2.24) is 9.88 Å². The number of nitrogens with one attached hydrogen (secondary N) is 1. The number of nitriles is 1. The highest BCUT2D eigenvalue weighted by Crippen LogP contribution is 2.29. The van der Waals surface area contributed by atoms with Crippen molar-refractivity contribution in [1.29, 1.82) is 5.26 Å². The maximum absolute atomic E-state index is 12.6. The van der Waals surface area contributed by atoms with Gasteiger partial charge in [0, 0.05) is 23.9 Å². The van der Waals surface area contributed by atoms with Gasteiger partial charge in [0.1, 0.15) is 6.07 Å². The van der Waals surface area contributed by atoms with E-state index in [0.717, 1.165) is 43.6 Å². The lowest BCUT2D eigenvalue weighted by Crippen LogP contribution is -2.32. The molecule has 184 valence electrons. The Morgan fingerprint density at radius 3 is 2.41 bits per heavy atom. The summed E-state index contributed by atoms with van der Waals surface area (Å²) in [6, 6.07) is 29.2. The van der Waals surface area contributed by atoms with Crippen LogP contribution in [-0.2, 0) is 6.54 Å². The fraction of sp³-hybridized carbons (Fsp3) is 0.194. The number of aromatic nitrogens is 1. The Morgan fingerprint density at radius 2 is 1.70 bits per heavy atom. The summed E-state index contributed by atoms with van der Waals surface area (Å²) < 4.78 is 0. The van der Waals surface area contributed by atoms with Gasteiger partial charge in [0.25, 0.3) is 5.91 Å². The number of carbonyl (C=O) groups excluding carboxylic acids is 1. The number of benzene rings is 3. The Kier molecular flexibility index (Phi) is 7.25. The Bertz CT molecular complexity index is 1420. The number of anilines is 2. The Balaban J connectivity index is 1.23. The first-order chi connectivity index (χ1) is 18.1. The topological polar surface area (TPSA) is 95.0 Å². The number of likely N-dealkylation sites (tertiary alicyclic amines) is 1. The van der Waals surface area contributed by atoms with Gasteiger partial charge < -0.3 is 11.1 Å². The van der Waals surface area contributed by atoms with E-state index in [9.17, 15) is 10.1 Å². The second kappa shape index (κ2) is 11.1. The molecule has 0 atom stereocenters. The van der Waals surface area contributed by atoms with Crippen LogP contribution in [0.3, 0.4) is 0 Å². The molecule has 0 saturated carbocycles. The molecule has 1 aliphatic heterocycles. The second-order valence-corrected chi connectivity index (χ2v) is 9.43. The van der Waals surface area contributed by atoms with Crippen molar-refractivity contribution in [2.45, 2.75) is 25.3 Å². The zero-order chi connectivity index (χ0) is 25.6. The molecular formula is C31H29N5O. The fourth-order valence-corrected chi connectivity index (χ4v) is 4.90. The lowest BCUT2D eigenvalue weighted by molar-refractivity contribution is 0.102. The molecule has 4 aromatic rings. The molecule has 0 unspecified atom stereocenters. The van der Waals surface area contributed by atoms with Crippen molar-refractivity contribution < 1.29 is 4.79 Å². The third kappa shape index (κ3) is 5.69. The fourth-order valence-electron chi connectivity index (χ4n) is 4.90. The summed E-state index contributed by atoms with van der Waals surface area (Å²) in [6.07, 6.45) is 4.13. The first kappa shape index (κ1) is 24.2. The maximum atomic E-state index is 12.6. The lowest BCUT2D eigenvalue weighted by Gasteiger charge is -2.32. The van der Waals surface area contributed by atoms with Gasteiger partial charge >= 0.3 is 0 Å². The first-order valence-electron chi connectivity index (χ1n) is 12.5. The van der Waals surface area contributed by atoms with E-state index in [4.69, 9.17) is 5.73 Å². The van der Waals surface area contributed by atoms with Gasteiger partial charge in [-0.3, -0.25) is 14.7 Å².